The number of fused-ring (bicyclic) bond motifs is 1. The maximum absolute atomic E-state index is 5.98. The molecule has 0 spiro atoms. The molecule has 0 amide bonds. The molecular weight excluding hydrogens is 256 g/mol. The zero-order valence-electron chi connectivity index (χ0n) is 11.3. The van der Waals surface area contributed by atoms with Crippen LogP contribution in [-0.4, -0.2) is 16.5 Å². The molecule has 3 rings (SSSR count). The lowest BCUT2D eigenvalue weighted by molar-refractivity contribution is 0.621. The normalized spacial score (nSPS) is 18.4. The SMILES string of the molecule is CCc1c(N)ncnc1N1CCc2sccc2C1C. The fourth-order valence-corrected chi connectivity index (χ4v) is 3.76. The van der Waals surface area contributed by atoms with Gasteiger partial charge in [-0.2, -0.15) is 0 Å². The second-order valence-electron chi connectivity index (χ2n) is 4.83. The van der Waals surface area contributed by atoms with Crippen molar-refractivity contribution in [2.45, 2.75) is 32.7 Å². The Kier molecular flexibility index (Phi) is 3.14. The Balaban J connectivity index is 2.02. The Morgan fingerprint density at radius 1 is 1.47 bits per heavy atom. The summed E-state index contributed by atoms with van der Waals surface area (Å²) in [5.41, 5.74) is 8.47. The summed E-state index contributed by atoms with van der Waals surface area (Å²) >= 11 is 1.86. The van der Waals surface area contributed by atoms with Crippen molar-refractivity contribution >= 4 is 23.0 Å². The molecule has 0 aromatic carbocycles. The third kappa shape index (κ3) is 1.98. The molecule has 19 heavy (non-hydrogen) atoms. The van der Waals surface area contributed by atoms with Gasteiger partial charge < -0.3 is 10.6 Å². The van der Waals surface area contributed by atoms with E-state index in [1.165, 1.54) is 10.4 Å². The topological polar surface area (TPSA) is 55.0 Å². The number of thiophene rings is 1. The first kappa shape index (κ1) is 12.4. The number of nitrogens with two attached hydrogens (primary N) is 1. The molecule has 0 radical (unpaired) electrons. The van der Waals surface area contributed by atoms with Crippen molar-refractivity contribution in [3.63, 3.8) is 0 Å². The minimum Gasteiger partial charge on any atom is -0.383 e. The van der Waals surface area contributed by atoms with Crippen LogP contribution < -0.4 is 10.6 Å². The van der Waals surface area contributed by atoms with Gasteiger partial charge in [0.05, 0.1) is 6.04 Å². The van der Waals surface area contributed by atoms with E-state index in [1.54, 1.807) is 6.33 Å². The summed E-state index contributed by atoms with van der Waals surface area (Å²) in [7, 11) is 0. The van der Waals surface area contributed by atoms with Gasteiger partial charge in [0.2, 0.25) is 0 Å². The third-order valence-corrected chi connectivity index (χ3v) is 4.86. The molecule has 0 aliphatic carbocycles. The van der Waals surface area contributed by atoms with E-state index < -0.39 is 0 Å². The molecule has 0 fully saturated rings. The lowest BCUT2D eigenvalue weighted by Gasteiger charge is -2.35. The van der Waals surface area contributed by atoms with Crippen LogP contribution in [0.25, 0.3) is 0 Å². The smallest absolute Gasteiger partial charge is 0.137 e. The summed E-state index contributed by atoms with van der Waals surface area (Å²) in [6.45, 7) is 5.34. The van der Waals surface area contributed by atoms with Gasteiger partial charge in [0.1, 0.15) is 18.0 Å². The molecule has 0 saturated carbocycles. The molecule has 5 heteroatoms. The Morgan fingerprint density at radius 3 is 3.11 bits per heavy atom. The average Bonchev–Trinajstić information content (AvgIpc) is 2.88. The zero-order valence-corrected chi connectivity index (χ0v) is 12.1. The fourth-order valence-electron chi connectivity index (χ4n) is 2.80. The number of aromatic nitrogens is 2. The predicted molar refractivity (Wildman–Crippen MR) is 79.6 cm³/mol. The number of nitrogens with zero attached hydrogens (tertiary/aromatic N) is 3. The van der Waals surface area contributed by atoms with Gasteiger partial charge in [0.25, 0.3) is 0 Å². The first-order valence-corrected chi connectivity index (χ1v) is 7.52. The standard InChI is InChI=1S/C14H18N4S/c1-3-10-13(15)16-8-17-14(10)18-6-4-12-11(9(18)2)5-7-19-12/h5,7-9H,3-4,6H2,1-2H3,(H2,15,16,17). The first-order chi connectivity index (χ1) is 9.22. The molecule has 100 valence electrons. The van der Waals surface area contributed by atoms with Gasteiger partial charge in [-0.05, 0) is 36.8 Å². The van der Waals surface area contributed by atoms with Crippen LogP contribution in [0.2, 0.25) is 0 Å². The van der Waals surface area contributed by atoms with Crippen molar-refractivity contribution < 1.29 is 0 Å². The molecular formula is C14H18N4S. The van der Waals surface area contributed by atoms with E-state index in [4.69, 9.17) is 5.73 Å². The maximum Gasteiger partial charge on any atom is 0.137 e. The largest absolute Gasteiger partial charge is 0.383 e. The molecule has 0 saturated heterocycles. The van der Waals surface area contributed by atoms with E-state index in [1.807, 2.05) is 11.3 Å². The third-order valence-electron chi connectivity index (χ3n) is 3.86. The second-order valence-corrected chi connectivity index (χ2v) is 5.83. The van der Waals surface area contributed by atoms with Crippen molar-refractivity contribution in [1.29, 1.82) is 0 Å². The van der Waals surface area contributed by atoms with Crippen molar-refractivity contribution in [3.05, 3.63) is 33.8 Å². The predicted octanol–water partition coefficient (Wildman–Crippen LogP) is 2.81. The van der Waals surface area contributed by atoms with Gasteiger partial charge >= 0.3 is 0 Å². The Morgan fingerprint density at radius 2 is 2.32 bits per heavy atom. The van der Waals surface area contributed by atoms with Gasteiger partial charge in [-0.25, -0.2) is 9.97 Å². The fraction of sp³-hybridized carbons (Fsp3) is 0.429. The van der Waals surface area contributed by atoms with Gasteiger partial charge in [-0.15, -0.1) is 11.3 Å². The molecule has 2 aromatic rings. The van der Waals surface area contributed by atoms with Gasteiger partial charge in [0.15, 0.2) is 0 Å². The van der Waals surface area contributed by atoms with Crippen LogP contribution in [0.4, 0.5) is 11.6 Å². The summed E-state index contributed by atoms with van der Waals surface area (Å²) in [5, 5.41) is 2.18. The molecule has 1 atom stereocenters. The van der Waals surface area contributed by atoms with Crippen molar-refractivity contribution in [2.24, 2.45) is 0 Å². The van der Waals surface area contributed by atoms with Crippen molar-refractivity contribution in [1.82, 2.24) is 9.97 Å². The second kappa shape index (κ2) is 4.81. The molecule has 2 N–H and O–H groups in total. The Hall–Kier alpha value is -1.62. The summed E-state index contributed by atoms with van der Waals surface area (Å²) in [6.07, 6.45) is 3.52. The molecule has 4 nitrogen and oxygen atoms in total. The summed E-state index contributed by atoms with van der Waals surface area (Å²) in [4.78, 5) is 12.4. The number of nitrogen functional groups attached to an aromatic ring is 1. The Labute approximate surface area is 117 Å². The molecule has 0 bridgehead atoms. The van der Waals surface area contributed by atoms with Gasteiger partial charge in [-0.3, -0.25) is 0 Å². The molecule has 1 aliphatic heterocycles. The molecule has 3 heterocycles. The highest BCUT2D eigenvalue weighted by molar-refractivity contribution is 7.10. The van der Waals surface area contributed by atoms with E-state index in [9.17, 15) is 0 Å². The van der Waals surface area contributed by atoms with Gasteiger partial charge in [-0.1, -0.05) is 6.92 Å². The minimum absolute atomic E-state index is 0.356. The van der Waals surface area contributed by atoms with Crippen LogP contribution in [-0.2, 0) is 12.8 Å². The van der Waals surface area contributed by atoms with E-state index in [2.05, 4.69) is 40.2 Å². The summed E-state index contributed by atoms with van der Waals surface area (Å²) in [6, 6.07) is 2.59. The summed E-state index contributed by atoms with van der Waals surface area (Å²) in [5.74, 6) is 1.61. The van der Waals surface area contributed by atoms with Gasteiger partial charge in [0, 0.05) is 17.0 Å². The van der Waals surface area contributed by atoms with Crippen molar-refractivity contribution in [2.75, 3.05) is 17.2 Å². The van der Waals surface area contributed by atoms with Crippen LogP contribution >= 0.6 is 11.3 Å². The number of hydrogen-bond donors (Lipinski definition) is 1. The Bertz CT molecular complexity index is 593. The number of hydrogen-bond acceptors (Lipinski definition) is 5. The van der Waals surface area contributed by atoms with Crippen LogP contribution in [0, 0.1) is 0 Å². The molecule has 2 aromatic heterocycles. The van der Waals surface area contributed by atoms with E-state index in [0.717, 1.165) is 30.8 Å². The average molecular weight is 274 g/mol. The highest BCUT2D eigenvalue weighted by Gasteiger charge is 2.27. The minimum atomic E-state index is 0.356. The molecule has 1 aliphatic rings. The lowest BCUT2D eigenvalue weighted by atomic mass is 10.0. The van der Waals surface area contributed by atoms with E-state index >= 15 is 0 Å². The van der Waals surface area contributed by atoms with E-state index in [-0.39, 0.29) is 0 Å². The lowest BCUT2D eigenvalue weighted by Crippen LogP contribution is -2.34. The van der Waals surface area contributed by atoms with Crippen LogP contribution in [0.5, 0.6) is 0 Å². The van der Waals surface area contributed by atoms with E-state index in [0.29, 0.717) is 11.9 Å². The highest BCUT2D eigenvalue weighted by Crippen LogP contribution is 2.37. The van der Waals surface area contributed by atoms with Crippen LogP contribution in [0.15, 0.2) is 17.8 Å². The maximum atomic E-state index is 5.98. The number of anilines is 2. The van der Waals surface area contributed by atoms with Crippen LogP contribution in [0.3, 0.4) is 0 Å². The van der Waals surface area contributed by atoms with Crippen LogP contribution in [0.1, 0.15) is 35.9 Å². The quantitative estimate of drug-likeness (QED) is 0.915. The zero-order chi connectivity index (χ0) is 13.4. The number of rotatable bonds is 2. The monoisotopic (exact) mass is 274 g/mol. The highest BCUT2D eigenvalue weighted by atomic mass is 32.1. The molecule has 1 unspecified atom stereocenters. The summed E-state index contributed by atoms with van der Waals surface area (Å²) < 4.78 is 0. The van der Waals surface area contributed by atoms with Crippen molar-refractivity contribution in [3.8, 4) is 0 Å². The first-order valence-electron chi connectivity index (χ1n) is 6.64.